The molecule has 108 valence electrons. The summed E-state index contributed by atoms with van der Waals surface area (Å²) in [5.41, 5.74) is 1.85. The highest BCUT2D eigenvalue weighted by Gasteiger charge is 2.07. The Morgan fingerprint density at radius 3 is 2.43 bits per heavy atom. The van der Waals surface area contributed by atoms with E-state index in [1.807, 2.05) is 30.3 Å². The van der Waals surface area contributed by atoms with Crippen LogP contribution in [0.3, 0.4) is 0 Å². The van der Waals surface area contributed by atoms with Crippen LogP contribution < -0.4 is 14.8 Å². The molecule has 0 saturated carbocycles. The summed E-state index contributed by atoms with van der Waals surface area (Å²) in [4.78, 5) is 4.57. The van der Waals surface area contributed by atoms with Crippen LogP contribution in [0.4, 0.5) is 10.8 Å². The number of nitrogens with one attached hydrogen (secondary N) is 1. The summed E-state index contributed by atoms with van der Waals surface area (Å²) in [5.74, 6) is 1.47. The summed E-state index contributed by atoms with van der Waals surface area (Å²) in [6.07, 6.45) is 0. The van der Waals surface area contributed by atoms with Crippen LogP contribution in [0.15, 0.2) is 40.9 Å². The standard InChI is InChI=1S/C15H13BrN2O2S/c1-19-11-6-10(7-12(8-11)20-2)17-15-18-13-4-3-9(16)5-14(13)21-15/h3-8H,1-2H3,(H,17,18). The van der Waals surface area contributed by atoms with Gasteiger partial charge in [0.05, 0.1) is 24.4 Å². The molecule has 2 aromatic carbocycles. The predicted molar refractivity (Wildman–Crippen MR) is 90.1 cm³/mol. The molecule has 3 aromatic rings. The summed E-state index contributed by atoms with van der Waals surface area (Å²) >= 11 is 5.07. The normalized spacial score (nSPS) is 10.6. The maximum atomic E-state index is 5.27. The van der Waals surface area contributed by atoms with Crippen molar-refractivity contribution >= 4 is 48.3 Å². The number of hydrogen-bond donors (Lipinski definition) is 1. The highest BCUT2D eigenvalue weighted by atomic mass is 79.9. The number of methoxy groups -OCH3 is 2. The van der Waals surface area contributed by atoms with Crippen molar-refractivity contribution in [2.75, 3.05) is 19.5 Å². The molecule has 6 heteroatoms. The molecule has 1 aromatic heterocycles. The Kier molecular flexibility index (Phi) is 3.98. The van der Waals surface area contributed by atoms with Crippen LogP contribution in [0.25, 0.3) is 10.2 Å². The summed E-state index contributed by atoms with van der Waals surface area (Å²) in [6.45, 7) is 0. The van der Waals surface area contributed by atoms with Crippen molar-refractivity contribution in [2.45, 2.75) is 0 Å². The number of ether oxygens (including phenoxy) is 2. The van der Waals surface area contributed by atoms with Crippen LogP contribution >= 0.6 is 27.3 Å². The largest absolute Gasteiger partial charge is 0.497 e. The molecular weight excluding hydrogens is 352 g/mol. The maximum Gasteiger partial charge on any atom is 0.188 e. The lowest BCUT2D eigenvalue weighted by Crippen LogP contribution is -1.93. The van der Waals surface area contributed by atoms with Crippen molar-refractivity contribution in [1.29, 1.82) is 0 Å². The van der Waals surface area contributed by atoms with E-state index in [4.69, 9.17) is 9.47 Å². The molecule has 0 aliphatic rings. The number of thiazole rings is 1. The first-order valence-electron chi connectivity index (χ1n) is 6.24. The van der Waals surface area contributed by atoms with Gasteiger partial charge in [-0.05, 0) is 18.2 Å². The summed E-state index contributed by atoms with van der Waals surface area (Å²) < 4.78 is 12.7. The van der Waals surface area contributed by atoms with Crippen molar-refractivity contribution in [3.8, 4) is 11.5 Å². The maximum absolute atomic E-state index is 5.27. The molecule has 3 rings (SSSR count). The second-order valence-electron chi connectivity index (χ2n) is 4.36. The number of hydrogen-bond acceptors (Lipinski definition) is 5. The fraction of sp³-hybridized carbons (Fsp3) is 0.133. The van der Waals surface area contributed by atoms with E-state index in [0.717, 1.165) is 37.0 Å². The van der Waals surface area contributed by atoms with Gasteiger partial charge >= 0.3 is 0 Å². The third-order valence-electron chi connectivity index (χ3n) is 2.95. The second kappa shape index (κ2) is 5.91. The third-order valence-corrected chi connectivity index (χ3v) is 4.38. The average molecular weight is 365 g/mol. The minimum Gasteiger partial charge on any atom is -0.497 e. The molecule has 0 aliphatic heterocycles. The van der Waals surface area contributed by atoms with E-state index in [1.165, 1.54) is 0 Å². The fourth-order valence-corrected chi connectivity index (χ4v) is 3.39. The van der Waals surface area contributed by atoms with Crippen LogP contribution in [-0.4, -0.2) is 19.2 Å². The number of aromatic nitrogens is 1. The molecule has 0 amide bonds. The van der Waals surface area contributed by atoms with Crippen LogP contribution in [0.5, 0.6) is 11.5 Å². The number of benzene rings is 2. The van der Waals surface area contributed by atoms with Crippen molar-refractivity contribution < 1.29 is 9.47 Å². The second-order valence-corrected chi connectivity index (χ2v) is 6.30. The molecule has 21 heavy (non-hydrogen) atoms. The van der Waals surface area contributed by atoms with Gasteiger partial charge in [-0.1, -0.05) is 27.3 Å². The van der Waals surface area contributed by atoms with E-state index in [2.05, 4.69) is 32.3 Å². The Morgan fingerprint density at radius 1 is 1.05 bits per heavy atom. The van der Waals surface area contributed by atoms with E-state index in [-0.39, 0.29) is 0 Å². The number of anilines is 2. The monoisotopic (exact) mass is 364 g/mol. The van der Waals surface area contributed by atoms with Gasteiger partial charge in [0.2, 0.25) is 0 Å². The lowest BCUT2D eigenvalue weighted by atomic mass is 10.3. The Hall–Kier alpha value is -1.79. The summed E-state index contributed by atoms with van der Waals surface area (Å²) in [5, 5.41) is 4.13. The van der Waals surface area contributed by atoms with Gasteiger partial charge in [-0.25, -0.2) is 4.98 Å². The van der Waals surface area contributed by atoms with Gasteiger partial charge in [0.15, 0.2) is 5.13 Å². The molecule has 0 saturated heterocycles. The minimum atomic E-state index is 0.737. The first-order valence-corrected chi connectivity index (χ1v) is 7.85. The lowest BCUT2D eigenvalue weighted by molar-refractivity contribution is 0.395. The molecule has 0 atom stereocenters. The topological polar surface area (TPSA) is 43.4 Å². The summed E-state index contributed by atoms with van der Waals surface area (Å²) in [6, 6.07) is 11.7. The van der Waals surface area contributed by atoms with Crippen LogP contribution in [0.2, 0.25) is 0 Å². The van der Waals surface area contributed by atoms with Gasteiger partial charge in [0.1, 0.15) is 11.5 Å². The SMILES string of the molecule is COc1cc(Nc2nc3ccc(Br)cc3s2)cc(OC)c1. The van der Waals surface area contributed by atoms with Crippen molar-refractivity contribution in [3.63, 3.8) is 0 Å². The first kappa shape index (κ1) is 14.2. The van der Waals surface area contributed by atoms with Gasteiger partial charge < -0.3 is 14.8 Å². The first-order chi connectivity index (χ1) is 10.2. The molecule has 1 N–H and O–H groups in total. The zero-order valence-electron chi connectivity index (χ0n) is 11.5. The quantitative estimate of drug-likeness (QED) is 0.720. The van der Waals surface area contributed by atoms with Crippen molar-refractivity contribution in [2.24, 2.45) is 0 Å². The minimum absolute atomic E-state index is 0.737. The molecule has 0 aliphatic carbocycles. The summed E-state index contributed by atoms with van der Waals surface area (Å²) in [7, 11) is 3.27. The van der Waals surface area contributed by atoms with Gasteiger partial charge in [0.25, 0.3) is 0 Å². The number of nitrogens with zero attached hydrogens (tertiary/aromatic N) is 1. The number of halogens is 1. The Labute approximate surface area is 134 Å². The zero-order valence-corrected chi connectivity index (χ0v) is 13.9. The van der Waals surface area contributed by atoms with E-state index in [0.29, 0.717) is 0 Å². The number of rotatable bonds is 4. The molecule has 0 bridgehead atoms. The Balaban J connectivity index is 1.94. The van der Waals surface area contributed by atoms with E-state index in [1.54, 1.807) is 25.6 Å². The lowest BCUT2D eigenvalue weighted by Gasteiger charge is -2.08. The van der Waals surface area contributed by atoms with Gasteiger partial charge in [0, 0.05) is 28.4 Å². The molecule has 1 heterocycles. The molecule has 0 spiro atoms. The zero-order chi connectivity index (χ0) is 14.8. The predicted octanol–water partition coefficient (Wildman–Crippen LogP) is 4.82. The molecule has 0 radical (unpaired) electrons. The van der Waals surface area contributed by atoms with Crippen LogP contribution in [-0.2, 0) is 0 Å². The van der Waals surface area contributed by atoms with Gasteiger partial charge in [-0.15, -0.1) is 0 Å². The average Bonchev–Trinajstić information content (AvgIpc) is 2.87. The Bertz CT molecular complexity index is 766. The molecule has 4 nitrogen and oxygen atoms in total. The van der Waals surface area contributed by atoms with Crippen molar-refractivity contribution in [1.82, 2.24) is 4.98 Å². The molecule has 0 fully saturated rings. The smallest absolute Gasteiger partial charge is 0.188 e. The van der Waals surface area contributed by atoms with Gasteiger partial charge in [-0.2, -0.15) is 0 Å². The van der Waals surface area contributed by atoms with Gasteiger partial charge in [-0.3, -0.25) is 0 Å². The van der Waals surface area contributed by atoms with Crippen LogP contribution in [0, 0.1) is 0 Å². The number of fused-ring (bicyclic) bond motifs is 1. The van der Waals surface area contributed by atoms with E-state index < -0.39 is 0 Å². The highest BCUT2D eigenvalue weighted by Crippen LogP contribution is 2.32. The molecular formula is C15H13BrN2O2S. The Morgan fingerprint density at radius 2 is 1.76 bits per heavy atom. The van der Waals surface area contributed by atoms with E-state index >= 15 is 0 Å². The molecule has 0 unspecified atom stereocenters. The highest BCUT2D eigenvalue weighted by molar-refractivity contribution is 9.10. The van der Waals surface area contributed by atoms with Crippen LogP contribution in [0.1, 0.15) is 0 Å². The van der Waals surface area contributed by atoms with E-state index in [9.17, 15) is 0 Å². The fourth-order valence-electron chi connectivity index (χ4n) is 1.96. The third kappa shape index (κ3) is 3.11. The van der Waals surface area contributed by atoms with Crippen molar-refractivity contribution in [3.05, 3.63) is 40.9 Å².